The van der Waals surface area contributed by atoms with Crippen LogP contribution in [0.25, 0.3) is 0 Å². The van der Waals surface area contributed by atoms with E-state index in [0.717, 1.165) is 12.8 Å². The van der Waals surface area contributed by atoms with Gasteiger partial charge in [0.1, 0.15) is 5.75 Å². The number of carbonyl (C=O) groups is 2. The van der Waals surface area contributed by atoms with E-state index in [1.165, 1.54) is 0 Å². The van der Waals surface area contributed by atoms with Gasteiger partial charge in [0.15, 0.2) is 6.61 Å². The van der Waals surface area contributed by atoms with Crippen LogP contribution in [0.1, 0.15) is 12.8 Å². The molecule has 2 aromatic carbocycles. The standard InChI is InChI=1S/C20H23N3O3/c21-17-10-4-5-11-18(17)22-20(25)15-7-6-12-23(13-15)19(24)14-26-16-8-2-1-3-9-16/h1-5,8-11,15H,6-7,12-14,21H2,(H,22,25). The van der Waals surface area contributed by atoms with Crippen LogP contribution in [0.5, 0.6) is 5.75 Å². The van der Waals surface area contributed by atoms with Gasteiger partial charge in [0.05, 0.1) is 17.3 Å². The Morgan fingerprint density at radius 2 is 1.85 bits per heavy atom. The van der Waals surface area contributed by atoms with Crippen LogP contribution < -0.4 is 15.8 Å². The Balaban J connectivity index is 1.54. The van der Waals surface area contributed by atoms with E-state index in [1.807, 2.05) is 42.5 Å². The number of nitrogen functional groups attached to an aromatic ring is 1. The van der Waals surface area contributed by atoms with Crippen molar-refractivity contribution in [2.75, 3.05) is 30.7 Å². The number of piperidine rings is 1. The summed E-state index contributed by atoms with van der Waals surface area (Å²) < 4.78 is 5.52. The van der Waals surface area contributed by atoms with E-state index in [-0.39, 0.29) is 24.3 Å². The van der Waals surface area contributed by atoms with Gasteiger partial charge in [-0.15, -0.1) is 0 Å². The average molecular weight is 353 g/mol. The zero-order valence-electron chi connectivity index (χ0n) is 14.6. The van der Waals surface area contributed by atoms with Crippen molar-refractivity contribution < 1.29 is 14.3 Å². The number of benzene rings is 2. The molecule has 0 bridgehead atoms. The Labute approximate surface area is 152 Å². The summed E-state index contributed by atoms with van der Waals surface area (Å²) in [6, 6.07) is 16.4. The number of hydrogen-bond donors (Lipinski definition) is 2. The number of anilines is 2. The molecule has 6 heteroatoms. The number of carbonyl (C=O) groups excluding carboxylic acids is 2. The quantitative estimate of drug-likeness (QED) is 0.809. The van der Waals surface area contributed by atoms with E-state index in [0.29, 0.717) is 30.2 Å². The zero-order chi connectivity index (χ0) is 18.4. The molecule has 26 heavy (non-hydrogen) atoms. The number of nitrogens with zero attached hydrogens (tertiary/aromatic N) is 1. The summed E-state index contributed by atoms with van der Waals surface area (Å²) in [6.45, 7) is 1.02. The second-order valence-corrected chi connectivity index (χ2v) is 6.36. The van der Waals surface area contributed by atoms with E-state index < -0.39 is 0 Å². The van der Waals surface area contributed by atoms with Gasteiger partial charge in [-0.05, 0) is 37.1 Å². The molecular formula is C20H23N3O3. The molecule has 6 nitrogen and oxygen atoms in total. The molecule has 1 fully saturated rings. The minimum absolute atomic E-state index is 0.0238. The Morgan fingerprint density at radius 1 is 1.12 bits per heavy atom. The predicted molar refractivity (Wildman–Crippen MR) is 101 cm³/mol. The molecule has 3 rings (SSSR count). The fraction of sp³-hybridized carbons (Fsp3) is 0.300. The van der Waals surface area contributed by atoms with Gasteiger partial charge in [0, 0.05) is 13.1 Å². The highest BCUT2D eigenvalue weighted by Gasteiger charge is 2.28. The number of para-hydroxylation sites is 3. The van der Waals surface area contributed by atoms with Crippen molar-refractivity contribution >= 4 is 23.2 Å². The van der Waals surface area contributed by atoms with Gasteiger partial charge >= 0.3 is 0 Å². The van der Waals surface area contributed by atoms with Crippen molar-refractivity contribution in [3.05, 3.63) is 54.6 Å². The van der Waals surface area contributed by atoms with Gasteiger partial charge in [0.2, 0.25) is 5.91 Å². The minimum atomic E-state index is -0.246. The molecular weight excluding hydrogens is 330 g/mol. The van der Waals surface area contributed by atoms with Gasteiger partial charge in [-0.3, -0.25) is 9.59 Å². The van der Waals surface area contributed by atoms with Gasteiger partial charge in [-0.25, -0.2) is 0 Å². The fourth-order valence-corrected chi connectivity index (χ4v) is 3.02. The molecule has 0 aromatic heterocycles. The fourth-order valence-electron chi connectivity index (χ4n) is 3.02. The number of ether oxygens (including phenoxy) is 1. The highest BCUT2D eigenvalue weighted by atomic mass is 16.5. The van der Waals surface area contributed by atoms with Crippen LogP contribution in [0, 0.1) is 5.92 Å². The molecule has 1 unspecified atom stereocenters. The van der Waals surface area contributed by atoms with Crippen molar-refractivity contribution in [3.8, 4) is 5.75 Å². The van der Waals surface area contributed by atoms with Crippen LogP contribution >= 0.6 is 0 Å². The van der Waals surface area contributed by atoms with Crippen LogP contribution in [0.2, 0.25) is 0 Å². The second-order valence-electron chi connectivity index (χ2n) is 6.36. The van der Waals surface area contributed by atoms with Crippen molar-refractivity contribution in [1.29, 1.82) is 0 Å². The molecule has 1 aliphatic rings. The third-order valence-electron chi connectivity index (χ3n) is 4.47. The lowest BCUT2D eigenvalue weighted by atomic mass is 9.97. The zero-order valence-corrected chi connectivity index (χ0v) is 14.6. The molecule has 3 N–H and O–H groups in total. The van der Waals surface area contributed by atoms with E-state index >= 15 is 0 Å². The van der Waals surface area contributed by atoms with E-state index in [1.54, 1.807) is 17.0 Å². The summed E-state index contributed by atoms with van der Waals surface area (Å²) in [5, 5.41) is 2.86. The molecule has 1 heterocycles. The lowest BCUT2D eigenvalue weighted by molar-refractivity contribution is -0.136. The Hall–Kier alpha value is -3.02. The maximum atomic E-state index is 12.5. The molecule has 1 atom stereocenters. The SMILES string of the molecule is Nc1ccccc1NC(=O)C1CCCN(C(=O)COc2ccccc2)C1. The predicted octanol–water partition coefficient (Wildman–Crippen LogP) is 2.52. The highest BCUT2D eigenvalue weighted by Crippen LogP contribution is 2.22. The molecule has 136 valence electrons. The number of rotatable bonds is 5. The number of likely N-dealkylation sites (tertiary alicyclic amines) is 1. The van der Waals surface area contributed by atoms with E-state index in [4.69, 9.17) is 10.5 Å². The Kier molecular flexibility index (Phi) is 5.73. The first-order valence-electron chi connectivity index (χ1n) is 8.74. The van der Waals surface area contributed by atoms with Crippen LogP contribution in [-0.4, -0.2) is 36.4 Å². The first kappa shape index (κ1) is 17.8. The van der Waals surface area contributed by atoms with Crippen molar-refractivity contribution in [3.63, 3.8) is 0 Å². The van der Waals surface area contributed by atoms with Gasteiger partial charge in [-0.1, -0.05) is 30.3 Å². The van der Waals surface area contributed by atoms with Crippen LogP contribution in [0.4, 0.5) is 11.4 Å². The van der Waals surface area contributed by atoms with Gasteiger partial charge in [0.25, 0.3) is 5.91 Å². The lowest BCUT2D eigenvalue weighted by Gasteiger charge is -2.32. The first-order chi connectivity index (χ1) is 12.6. The molecule has 0 radical (unpaired) electrons. The summed E-state index contributed by atoms with van der Waals surface area (Å²) in [6.07, 6.45) is 1.54. The molecule has 1 aliphatic heterocycles. The summed E-state index contributed by atoms with van der Waals surface area (Å²) in [5.74, 6) is 0.200. The Morgan fingerprint density at radius 3 is 2.62 bits per heavy atom. The summed E-state index contributed by atoms with van der Waals surface area (Å²) >= 11 is 0. The van der Waals surface area contributed by atoms with Crippen LogP contribution in [0.3, 0.4) is 0 Å². The average Bonchev–Trinajstić information content (AvgIpc) is 2.69. The molecule has 0 spiro atoms. The third kappa shape index (κ3) is 4.53. The lowest BCUT2D eigenvalue weighted by Crippen LogP contribution is -2.45. The summed E-state index contributed by atoms with van der Waals surface area (Å²) in [4.78, 5) is 26.6. The summed E-state index contributed by atoms with van der Waals surface area (Å²) in [7, 11) is 0. The van der Waals surface area contributed by atoms with Crippen LogP contribution in [-0.2, 0) is 9.59 Å². The van der Waals surface area contributed by atoms with Gasteiger partial charge in [-0.2, -0.15) is 0 Å². The normalized spacial score (nSPS) is 16.8. The molecule has 2 amide bonds. The molecule has 2 aromatic rings. The van der Waals surface area contributed by atoms with Crippen LogP contribution in [0.15, 0.2) is 54.6 Å². The highest BCUT2D eigenvalue weighted by molar-refractivity contribution is 5.95. The maximum Gasteiger partial charge on any atom is 0.260 e. The largest absolute Gasteiger partial charge is 0.484 e. The second kappa shape index (κ2) is 8.38. The van der Waals surface area contributed by atoms with E-state index in [2.05, 4.69) is 5.32 Å². The number of hydrogen-bond acceptors (Lipinski definition) is 4. The Bertz CT molecular complexity index is 764. The number of nitrogens with one attached hydrogen (secondary N) is 1. The third-order valence-corrected chi connectivity index (χ3v) is 4.47. The molecule has 0 saturated carbocycles. The van der Waals surface area contributed by atoms with Gasteiger partial charge < -0.3 is 20.7 Å². The first-order valence-corrected chi connectivity index (χ1v) is 8.74. The van der Waals surface area contributed by atoms with Crippen molar-refractivity contribution in [1.82, 2.24) is 4.90 Å². The minimum Gasteiger partial charge on any atom is -0.484 e. The molecule has 0 aliphatic carbocycles. The topological polar surface area (TPSA) is 84.7 Å². The van der Waals surface area contributed by atoms with Crippen molar-refractivity contribution in [2.24, 2.45) is 5.92 Å². The monoisotopic (exact) mass is 353 g/mol. The van der Waals surface area contributed by atoms with E-state index in [9.17, 15) is 9.59 Å². The number of amides is 2. The summed E-state index contributed by atoms with van der Waals surface area (Å²) in [5.41, 5.74) is 7.01. The maximum absolute atomic E-state index is 12.5. The molecule has 1 saturated heterocycles. The smallest absolute Gasteiger partial charge is 0.260 e. The van der Waals surface area contributed by atoms with Crippen molar-refractivity contribution in [2.45, 2.75) is 12.8 Å². The number of nitrogens with two attached hydrogens (primary N) is 1.